The van der Waals surface area contributed by atoms with Gasteiger partial charge in [0.05, 0.1) is 11.7 Å². The molecule has 0 atom stereocenters. The number of hydrogen-bond acceptors (Lipinski definition) is 7. The first-order valence-electron chi connectivity index (χ1n) is 13.4. The summed E-state index contributed by atoms with van der Waals surface area (Å²) in [5, 5.41) is 3.01. The number of piperazine rings is 1. The van der Waals surface area contributed by atoms with Crippen LogP contribution in [-0.4, -0.2) is 67.0 Å². The number of anilines is 2. The number of nitrogens with zero attached hydrogens (tertiary/aromatic N) is 7. The van der Waals surface area contributed by atoms with Gasteiger partial charge in [-0.2, -0.15) is 0 Å². The van der Waals surface area contributed by atoms with Gasteiger partial charge in [0.25, 0.3) is 0 Å². The molecule has 0 unspecified atom stereocenters. The number of imidazole rings is 1. The predicted octanol–water partition coefficient (Wildman–Crippen LogP) is 4.94. The van der Waals surface area contributed by atoms with Crippen molar-refractivity contribution in [1.29, 1.82) is 0 Å². The summed E-state index contributed by atoms with van der Waals surface area (Å²) >= 11 is 0. The number of benzene rings is 1. The predicted molar refractivity (Wildman–Crippen MR) is 141 cm³/mol. The Bertz CT molecular complexity index is 1480. The monoisotopic (exact) mass is 508 g/mol. The molecule has 0 amide bonds. The molecule has 4 aromatic rings. The number of rotatable bonds is 7. The van der Waals surface area contributed by atoms with E-state index in [1.807, 2.05) is 36.3 Å². The second-order valence-corrected chi connectivity index (χ2v) is 9.50. The summed E-state index contributed by atoms with van der Waals surface area (Å²) in [4.78, 5) is 21.3. The summed E-state index contributed by atoms with van der Waals surface area (Å²) in [5.74, 6) is 0.124. The molecular weight excluding hydrogens is 474 g/mol. The molecule has 5 rings (SSSR count). The van der Waals surface area contributed by atoms with E-state index in [9.17, 15) is 8.78 Å². The van der Waals surface area contributed by atoms with Gasteiger partial charge in [0, 0.05) is 53.3 Å². The third-order valence-electron chi connectivity index (χ3n) is 6.62. The Hall–Kier alpha value is -3.50. The van der Waals surface area contributed by atoms with E-state index in [4.69, 9.17) is 2.74 Å². The maximum Gasteiger partial charge on any atom is 0.229 e. The van der Waals surface area contributed by atoms with E-state index >= 15 is 0 Å². The van der Waals surface area contributed by atoms with Gasteiger partial charge in [-0.1, -0.05) is 13.0 Å². The highest BCUT2D eigenvalue weighted by Gasteiger charge is 2.19. The van der Waals surface area contributed by atoms with Crippen molar-refractivity contribution in [2.24, 2.45) is 0 Å². The molecule has 1 fully saturated rings. The minimum Gasteiger partial charge on any atom is -0.326 e. The molecule has 194 valence electrons. The number of nitrogens with one attached hydrogen (secondary N) is 1. The summed E-state index contributed by atoms with van der Waals surface area (Å²) in [6, 6.07) is 6.76. The molecule has 0 saturated carbocycles. The van der Waals surface area contributed by atoms with Gasteiger partial charge in [-0.3, -0.25) is 4.90 Å². The summed E-state index contributed by atoms with van der Waals surface area (Å²) in [6.07, 6.45) is 2.82. The SMILES string of the molecule is [2H]C([2H])(C)N1CCN(Cc2ccc(Nc3ncc(F)c(-c4cc(F)c5nc(C)n(C(C)C)c5c4)n3)nc2)CC1. The highest BCUT2D eigenvalue weighted by atomic mass is 19.1. The molecule has 0 radical (unpaired) electrons. The highest BCUT2D eigenvalue weighted by Crippen LogP contribution is 2.30. The van der Waals surface area contributed by atoms with Gasteiger partial charge in [0.1, 0.15) is 22.9 Å². The van der Waals surface area contributed by atoms with Crippen LogP contribution >= 0.6 is 0 Å². The first-order valence-corrected chi connectivity index (χ1v) is 12.4. The van der Waals surface area contributed by atoms with Crippen LogP contribution in [0.1, 0.15) is 40.9 Å². The van der Waals surface area contributed by atoms with Crippen molar-refractivity contribution in [1.82, 2.24) is 34.3 Å². The molecule has 3 aromatic heterocycles. The molecule has 0 spiro atoms. The second kappa shape index (κ2) is 10.5. The zero-order chi connectivity index (χ0) is 27.9. The van der Waals surface area contributed by atoms with E-state index in [1.54, 1.807) is 25.3 Å². The fourth-order valence-electron chi connectivity index (χ4n) is 4.78. The van der Waals surface area contributed by atoms with Gasteiger partial charge in [-0.25, -0.2) is 28.7 Å². The third-order valence-corrected chi connectivity index (χ3v) is 6.62. The lowest BCUT2D eigenvalue weighted by atomic mass is 10.1. The average molecular weight is 509 g/mol. The van der Waals surface area contributed by atoms with Gasteiger partial charge in [-0.15, -0.1) is 0 Å². The normalized spacial score (nSPS) is 16.3. The van der Waals surface area contributed by atoms with Crippen molar-refractivity contribution >= 4 is 22.8 Å². The number of likely N-dealkylation sites (N-methyl/N-ethyl adjacent to an activating group) is 1. The lowest BCUT2D eigenvalue weighted by molar-refractivity contribution is 0.132. The molecule has 10 heteroatoms. The Balaban J connectivity index is 1.31. The third kappa shape index (κ3) is 5.30. The Labute approximate surface area is 218 Å². The molecule has 0 aliphatic carbocycles. The first-order chi connectivity index (χ1) is 18.5. The topological polar surface area (TPSA) is 75.0 Å². The fourth-order valence-corrected chi connectivity index (χ4v) is 4.78. The van der Waals surface area contributed by atoms with Crippen LogP contribution in [-0.2, 0) is 6.54 Å². The summed E-state index contributed by atoms with van der Waals surface area (Å²) in [6.45, 7) is 9.70. The lowest BCUT2D eigenvalue weighted by Crippen LogP contribution is -2.45. The maximum absolute atomic E-state index is 15.0. The highest BCUT2D eigenvalue weighted by molar-refractivity contribution is 5.83. The quantitative estimate of drug-likeness (QED) is 0.379. The van der Waals surface area contributed by atoms with Crippen LogP contribution in [0.2, 0.25) is 0 Å². The van der Waals surface area contributed by atoms with Gasteiger partial charge in [-0.05, 0) is 51.0 Å². The van der Waals surface area contributed by atoms with Crippen molar-refractivity contribution in [3.05, 3.63) is 59.7 Å². The van der Waals surface area contributed by atoms with Gasteiger partial charge in [0.15, 0.2) is 11.6 Å². The van der Waals surface area contributed by atoms with Gasteiger partial charge < -0.3 is 14.8 Å². The van der Waals surface area contributed by atoms with Crippen LogP contribution < -0.4 is 5.32 Å². The van der Waals surface area contributed by atoms with E-state index < -0.39 is 18.1 Å². The fraction of sp³-hybridized carbons (Fsp3) is 0.407. The van der Waals surface area contributed by atoms with Crippen LogP contribution in [0, 0.1) is 18.6 Å². The number of fused-ring (bicyclic) bond motifs is 1. The zero-order valence-electron chi connectivity index (χ0n) is 23.5. The summed E-state index contributed by atoms with van der Waals surface area (Å²) in [5.41, 5.74) is 2.13. The van der Waals surface area contributed by atoms with Crippen LogP contribution in [0.4, 0.5) is 20.5 Å². The van der Waals surface area contributed by atoms with Gasteiger partial charge >= 0.3 is 0 Å². The molecule has 37 heavy (non-hydrogen) atoms. The maximum atomic E-state index is 15.0. The van der Waals surface area contributed by atoms with Crippen LogP contribution in [0.3, 0.4) is 0 Å². The molecule has 1 saturated heterocycles. The summed E-state index contributed by atoms with van der Waals surface area (Å²) < 4.78 is 47.4. The number of aromatic nitrogens is 5. The minimum atomic E-state index is -1.31. The number of aryl methyl sites for hydroxylation is 1. The van der Waals surface area contributed by atoms with Crippen molar-refractivity contribution in [2.45, 2.75) is 40.3 Å². The Morgan fingerprint density at radius 3 is 2.43 bits per heavy atom. The Morgan fingerprint density at radius 1 is 1.00 bits per heavy atom. The number of halogens is 2. The average Bonchev–Trinajstić information content (AvgIpc) is 3.23. The van der Waals surface area contributed by atoms with Crippen molar-refractivity contribution in [2.75, 3.05) is 38.0 Å². The largest absolute Gasteiger partial charge is 0.326 e. The van der Waals surface area contributed by atoms with Crippen molar-refractivity contribution in [3.8, 4) is 11.3 Å². The lowest BCUT2D eigenvalue weighted by Gasteiger charge is -2.33. The second-order valence-electron chi connectivity index (χ2n) is 9.50. The molecule has 1 aliphatic heterocycles. The van der Waals surface area contributed by atoms with Crippen LogP contribution in [0.5, 0.6) is 0 Å². The first kappa shape index (κ1) is 22.7. The number of hydrogen-bond donors (Lipinski definition) is 1. The molecule has 4 heterocycles. The molecule has 0 bridgehead atoms. The molecule has 8 nitrogen and oxygen atoms in total. The number of pyridine rings is 1. The Morgan fingerprint density at radius 2 is 1.76 bits per heavy atom. The Kier molecular flexibility index (Phi) is 6.42. The van der Waals surface area contributed by atoms with Crippen LogP contribution in [0.15, 0.2) is 36.7 Å². The van der Waals surface area contributed by atoms with E-state index in [0.717, 1.165) is 24.8 Å². The summed E-state index contributed by atoms with van der Waals surface area (Å²) in [7, 11) is 0. The molecule has 1 N–H and O–H groups in total. The molecular formula is C27H32F2N8. The van der Waals surface area contributed by atoms with E-state index in [1.165, 1.54) is 6.07 Å². The molecule has 1 aliphatic rings. The smallest absolute Gasteiger partial charge is 0.229 e. The van der Waals surface area contributed by atoms with E-state index in [2.05, 4.69) is 30.2 Å². The van der Waals surface area contributed by atoms with Crippen molar-refractivity contribution in [3.63, 3.8) is 0 Å². The van der Waals surface area contributed by atoms with E-state index in [0.29, 0.717) is 42.4 Å². The standard InChI is InChI=1S/C27H32F2N8/c1-5-35-8-10-36(11-9-35)16-19-6-7-24(30-14-19)33-27-31-15-22(29)25(34-27)20-12-21(28)26-23(13-20)37(17(2)3)18(4)32-26/h6-7,12-15,17H,5,8-11,16H2,1-4H3,(H,30,31,33,34)/i5D2. The van der Waals surface area contributed by atoms with E-state index in [-0.39, 0.29) is 23.2 Å². The minimum absolute atomic E-state index is 0.0188. The van der Waals surface area contributed by atoms with Crippen molar-refractivity contribution < 1.29 is 11.5 Å². The van der Waals surface area contributed by atoms with Crippen LogP contribution in [0.25, 0.3) is 22.3 Å². The molecule has 1 aromatic carbocycles. The van der Waals surface area contributed by atoms with Gasteiger partial charge in [0.2, 0.25) is 5.95 Å². The zero-order valence-corrected chi connectivity index (χ0v) is 21.5.